The lowest BCUT2D eigenvalue weighted by Crippen LogP contribution is -2.10. The minimum absolute atomic E-state index is 0.0310. The molecule has 2 heterocycles. The van der Waals surface area contributed by atoms with E-state index >= 15 is 0 Å². The van der Waals surface area contributed by atoms with Gasteiger partial charge in [0, 0.05) is 4.47 Å². The number of fused-ring (bicyclic) bond motifs is 1. The Kier molecular flexibility index (Phi) is 6.02. The average molecular weight is 464 g/mol. The number of aryl methyl sites for hydroxylation is 1. The largest absolute Gasteiger partial charge is 0.497 e. The number of esters is 2. The van der Waals surface area contributed by atoms with E-state index in [-0.39, 0.29) is 47.1 Å². The molecule has 2 N–H and O–H groups in total. The maximum absolute atomic E-state index is 12.4. The van der Waals surface area contributed by atoms with Crippen LogP contribution in [0, 0.1) is 6.92 Å². The molecule has 152 valence electrons. The number of halogens is 1. The molecule has 0 spiro atoms. The summed E-state index contributed by atoms with van der Waals surface area (Å²) in [6, 6.07) is 4.93. The van der Waals surface area contributed by atoms with Crippen LogP contribution in [0.2, 0.25) is 0 Å². The van der Waals surface area contributed by atoms with E-state index in [1.807, 2.05) is 0 Å². The summed E-state index contributed by atoms with van der Waals surface area (Å²) in [5, 5.41) is 0.270. The highest BCUT2D eigenvalue weighted by Gasteiger charge is 2.24. The zero-order valence-corrected chi connectivity index (χ0v) is 17.5. The lowest BCUT2D eigenvalue weighted by Gasteiger charge is -2.08. The summed E-state index contributed by atoms with van der Waals surface area (Å²) in [6.45, 7) is 3.27. The number of rotatable bonds is 6. The number of benzene rings is 1. The SMILES string of the molecule is CCOC(=O)c1c(C)oc2nc(COC(=O)c3cc(OC)ccc3Br)nc(N)c12. The molecule has 0 aliphatic carbocycles. The number of aromatic nitrogens is 2. The van der Waals surface area contributed by atoms with Crippen LogP contribution in [0.5, 0.6) is 5.75 Å². The molecule has 9 nitrogen and oxygen atoms in total. The molecule has 0 aliphatic rings. The minimum Gasteiger partial charge on any atom is -0.497 e. The molecule has 10 heteroatoms. The van der Waals surface area contributed by atoms with Crippen LogP contribution in [-0.2, 0) is 16.1 Å². The number of nitrogens with zero attached hydrogens (tertiary/aromatic N) is 2. The monoisotopic (exact) mass is 463 g/mol. The molecule has 0 amide bonds. The number of anilines is 1. The van der Waals surface area contributed by atoms with Crippen molar-refractivity contribution in [1.82, 2.24) is 9.97 Å². The summed E-state index contributed by atoms with van der Waals surface area (Å²) in [5.74, 6) is -0.175. The predicted molar refractivity (Wildman–Crippen MR) is 107 cm³/mol. The Labute approximate surface area is 174 Å². The summed E-state index contributed by atoms with van der Waals surface area (Å²) < 4.78 is 21.5. The highest BCUT2D eigenvalue weighted by Crippen LogP contribution is 2.29. The predicted octanol–water partition coefficient (Wildman–Crippen LogP) is 3.42. The van der Waals surface area contributed by atoms with Crippen molar-refractivity contribution in [3.8, 4) is 5.75 Å². The number of hydrogen-bond acceptors (Lipinski definition) is 9. The van der Waals surface area contributed by atoms with Gasteiger partial charge in [-0.1, -0.05) is 0 Å². The summed E-state index contributed by atoms with van der Waals surface area (Å²) in [7, 11) is 1.50. The summed E-state index contributed by atoms with van der Waals surface area (Å²) in [4.78, 5) is 32.9. The van der Waals surface area contributed by atoms with Crippen LogP contribution in [-0.4, -0.2) is 35.6 Å². The minimum atomic E-state index is -0.596. The van der Waals surface area contributed by atoms with E-state index in [0.29, 0.717) is 16.0 Å². The lowest BCUT2D eigenvalue weighted by molar-refractivity contribution is 0.0460. The van der Waals surface area contributed by atoms with Gasteiger partial charge in [0.15, 0.2) is 12.4 Å². The molecule has 29 heavy (non-hydrogen) atoms. The van der Waals surface area contributed by atoms with Crippen LogP contribution in [0.4, 0.5) is 5.82 Å². The van der Waals surface area contributed by atoms with Crippen LogP contribution >= 0.6 is 15.9 Å². The van der Waals surface area contributed by atoms with Crippen LogP contribution < -0.4 is 10.5 Å². The number of hydrogen-bond donors (Lipinski definition) is 1. The molecule has 0 bridgehead atoms. The molecule has 0 unspecified atom stereocenters. The third-order valence-corrected chi connectivity index (χ3v) is 4.70. The highest BCUT2D eigenvalue weighted by atomic mass is 79.9. The Balaban J connectivity index is 1.85. The molecule has 2 aromatic heterocycles. The number of ether oxygens (including phenoxy) is 3. The molecule has 3 aromatic rings. The zero-order valence-electron chi connectivity index (χ0n) is 15.9. The van der Waals surface area contributed by atoms with E-state index in [1.165, 1.54) is 7.11 Å². The third kappa shape index (κ3) is 4.16. The van der Waals surface area contributed by atoms with Crippen molar-refractivity contribution in [3.05, 3.63) is 45.4 Å². The Morgan fingerprint density at radius 1 is 1.21 bits per heavy atom. The van der Waals surface area contributed by atoms with Gasteiger partial charge in [0.1, 0.15) is 22.9 Å². The lowest BCUT2D eigenvalue weighted by atomic mass is 10.2. The molecule has 3 rings (SSSR count). The third-order valence-electron chi connectivity index (χ3n) is 4.01. The van der Waals surface area contributed by atoms with E-state index in [4.69, 9.17) is 24.4 Å². The Hall–Kier alpha value is -3.14. The fourth-order valence-corrected chi connectivity index (χ4v) is 3.10. The first kappa shape index (κ1) is 20.6. The van der Waals surface area contributed by atoms with Crippen LogP contribution in [0.15, 0.2) is 27.1 Å². The van der Waals surface area contributed by atoms with Crippen LogP contribution in [0.1, 0.15) is 39.2 Å². The van der Waals surface area contributed by atoms with E-state index in [1.54, 1.807) is 32.0 Å². The van der Waals surface area contributed by atoms with Crippen molar-refractivity contribution < 1.29 is 28.2 Å². The first-order valence-electron chi connectivity index (χ1n) is 8.59. The second-order valence-electron chi connectivity index (χ2n) is 5.88. The highest BCUT2D eigenvalue weighted by molar-refractivity contribution is 9.10. The van der Waals surface area contributed by atoms with Gasteiger partial charge in [-0.25, -0.2) is 14.6 Å². The van der Waals surface area contributed by atoms with Crippen molar-refractivity contribution >= 4 is 44.8 Å². The van der Waals surface area contributed by atoms with Gasteiger partial charge in [0.25, 0.3) is 0 Å². The Morgan fingerprint density at radius 3 is 2.66 bits per heavy atom. The quantitative estimate of drug-likeness (QED) is 0.546. The number of methoxy groups -OCH3 is 1. The number of nitrogen functional groups attached to an aromatic ring is 1. The molecule has 0 atom stereocenters. The molecule has 0 fully saturated rings. The average Bonchev–Trinajstić information content (AvgIpc) is 3.03. The topological polar surface area (TPSA) is 127 Å². The number of carbonyl (C=O) groups excluding carboxylic acids is 2. The fourth-order valence-electron chi connectivity index (χ4n) is 2.69. The van der Waals surface area contributed by atoms with Gasteiger partial charge in [-0.15, -0.1) is 0 Å². The maximum Gasteiger partial charge on any atom is 0.342 e. The van der Waals surface area contributed by atoms with Gasteiger partial charge in [0.05, 0.1) is 24.7 Å². The maximum atomic E-state index is 12.4. The molecule has 0 saturated heterocycles. The molecule has 0 aliphatic heterocycles. The van der Waals surface area contributed by atoms with Crippen molar-refractivity contribution in [1.29, 1.82) is 0 Å². The smallest absolute Gasteiger partial charge is 0.342 e. The number of furan rings is 1. The first-order chi connectivity index (χ1) is 13.8. The van der Waals surface area contributed by atoms with Gasteiger partial charge in [-0.05, 0) is 48.0 Å². The molecular weight excluding hydrogens is 446 g/mol. The summed E-state index contributed by atoms with van der Waals surface area (Å²) in [5.41, 5.74) is 6.59. The van der Waals surface area contributed by atoms with Crippen molar-refractivity contribution in [2.24, 2.45) is 0 Å². The van der Waals surface area contributed by atoms with Gasteiger partial charge in [0.2, 0.25) is 5.71 Å². The summed E-state index contributed by atoms with van der Waals surface area (Å²) >= 11 is 3.30. The standard InChI is InChI=1S/C19H18BrN3O6/c1-4-27-19(25)14-9(2)29-17-15(14)16(21)22-13(23-17)8-28-18(24)11-7-10(26-3)5-6-12(11)20/h5-7H,4,8H2,1-3H3,(H2,21,22,23). The zero-order chi connectivity index (χ0) is 21.1. The number of carbonyl (C=O) groups is 2. The Bertz CT molecular complexity index is 1100. The van der Waals surface area contributed by atoms with Gasteiger partial charge in [-0.2, -0.15) is 4.98 Å². The first-order valence-corrected chi connectivity index (χ1v) is 9.38. The van der Waals surface area contributed by atoms with Crippen molar-refractivity contribution in [3.63, 3.8) is 0 Å². The molecular formula is C19H18BrN3O6. The normalized spacial score (nSPS) is 10.8. The summed E-state index contributed by atoms with van der Waals surface area (Å²) in [6.07, 6.45) is 0. The van der Waals surface area contributed by atoms with Crippen molar-refractivity contribution in [2.75, 3.05) is 19.5 Å². The van der Waals surface area contributed by atoms with Crippen LogP contribution in [0.25, 0.3) is 11.1 Å². The van der Waals surface area contributed by atoms with Gasteiger partial charge < -0.3 is 24.4 Å². The molecule has 0 saturated carbocycles. The van der Waals surface area contributed by atoms with Crippen molar-refractivity contribution in [2.45, 2.75) is 20.5 Å². The van der Waals surface area contributed by atoms with E-state index in [0.717, 1.165) is 0 Å². The van der Waals surface area contributed by atoms with E-state index in [9.17, 15) is 9.59 Å². The van der Waals surface area contributed by atoms with E-state index in [2.05, 4.69) is 25.9 Å². The number of nitrogens with two attached hydrogens (primary N) is 1. The second kappa shape index (κ2) is 8.48. The van der Waals surface area contributed by atoms with Crippen LogP contribution in [0.3, 0.4) is 0 Å². The van der Waals surface area contributed by atoms with Gasteiger partial charge in [-0.3, -0.25) is 0 Å². The molecule has 1 aromatic carbocycles. The fraction of sp³-hybridized carbons (Fsp3) is 0.263. The molecule has 0 radical (unpaired) electrons. The second-order valence-corrected chi connectivity index (χ2v) is 6.74. The van der Waals surface area contributed by atoms with Gasteiger partial charge >= 0.3 is 11.9 Å². The van der Waals surface area contributed by atoms with E-state index < -0.39 is 11.9 Å². The Morgan fingerprint density at radius 2 is 1.97 bits per heavy atom.